The maximum Gasteiger partial charge on any atom is 1.00 e. The smallest absolute Gasteiger partial charge is 0.318 e. The third-order valence-corrected chi connectivity index (χ3v) is 0.866. The molecule has 0 aromatic heterocycles. The van der Waals surface area contributed by atoms with E-state index in [0.29, 0.717) is 10.8 Å². The third-order valence-electron chi connectivity index (χ3n) is 0.866. The molecule has 0 unspecified atom stereocenters. The molecule has 0 heterocycles. The van der Waals surface area contributed by atoms with Crippen molar-refractivity contribution in [3.63, 3.8) is 0 Å². The Morgan fingerprint density at radius 2 is 0.900 bits per heavy atom. The fourth-order valence-corrected chi connectivity index (χ4v) is 1.30. The van der Waals surface area contributed by atoms with E-state index >= 15 is 0 Å². The maximum atomic E-state index is 2.38. The molecule has 0 spiro atoms. The fourth-order valence-electron chi connectivity index (χ4n) is 1.30. The zero-order chi connectivity index (χ0) is 7.71. The van der Waals surface area contributed by atoms with Crippen LogP contribution < -0.4 is 18.9 Å². The van der Waals surface area contributed by atoms with Crippen molar-refractivity contribution in [1.82, 2.24) is 0 Å². The largest absolute Gasteiger partial charge is 1.00 e. The molecule has 0 aliphatic carbocycles. The van der Waals surface area contributed by atoms with E-state index in [1.54, 1.807) is 0 Å². The SMILES string of the molecule is CC(C)(C)[CH-]C(C)(C)C.[Li+]. The third kappa shape index (κ3) is 11.4. The van der Waals surface area contributed by atoms with Gasteiger partial charge in [0.05, 0.1) is 0 Å². The summed E-state index contributed by atoms with van der Waals surface area (Å²) >= 11 is 0. The van der Waals surface area contributed by atoms with Crippen LogP contribution in [-0.4, -0.2) is 0 Å². The molecule has 0 aromatic rings. The minimum atomic E-state index is 0. The molecule has 0 atom stereocenters. The first kappa shape index (κ1) is 13.2. The number of hydrogen-bond donors (Lipinski definition) is 0. The van der Waals surface area contributed by atoms with Gasteiger partial charge in [-0.15, -0.1) is 0 Å². The average Bonchev–Trinajstić information content (AvgIpc) is 1.14. The second-order valence-corrected chi connectivity index (χ2v) is 4.88. The van der Waals surface area contributed by atoms with Gasteiger partial charge in [-0.1, -0.05) is 41.5 Å². The van der Waals surface area contributed by atoms with Gasteiger partial charge in [0, 0.05) is 0 Å². The Labute approximate surface area is 78.0 Å². The van der Waals surface area contributed by atoms with E-state index in [9.17, 15) is 0 Å². The van der Waals surface area contributed by atoms with Gasteiger partial charge in [-0.05, 0) is 0 Å². The molecule has 0 aliphatic rings. The molecule has 0 saturated heterocycles. The van der Waals surface area contributed by atoms with Crippen LogP contribution in [0.2, 0.25) is 0 Å². The van der Waals surface area contributed by atoms with Crippen molar-refractivity contribution in [2.75, 3.05) is 0 Å². The van der Waals surface area contributed by atoms with Crippen LogP contribution in [0, 0.1) is 17.3 Å². The van der Waals surface area contributed by atoms with Crippen LogP contribution in [0.5, 0.6) is 0 Å². The van der Waals surface area contributed by atoms with Gasteiger partial charge in [0.1, 0.15) is 0 Å². The summed E-state index contributed by atoms with van der Waals surface area (Å²) in [5.74, 6) is 0. The van der Waals surface area contributed by atoms with Gasteiger partial charge in [0.15, 0.2) is 0 Å². The molecular formula is C9H19Li. The first-order valence-corrected chi connectivity index (χ1v) is 3.58. The molecule has 0 radical (unpaired) electrons. The number of hydrogen-bond acceptors (Lipinski definition) is 0. The van der Waals surface area contributed by atoms with Gasteiger partial charge in [0.2, 0.25) is 0 Å². The van der Waals surface area contributed by atoms with Gasteiger partial charge in [0.25, 0.3) is 0 Å². The maximum absolute atomic E-state index is 2.38. The molecule has 1 heteroatoms. The predicted molar refractivity (Wildman–Crippen MR) is 43.2 cm³/mol. The molecule has 0 rings (SSSR count). The quantitative estimate of drug-likeness (QED) is 0.330. The normalized spacial score (nSPS) is 12.6. The molecular weight excluding hydrogens is 115 g/mol. The molecule has 0 fully saturated rings. The summed E-state index contributed by atoms with van der Waals surface area (Å²) in [5.41, 5.74) is 0.719. The van der Waals surface area contributed by atoms with Crippen molar-refractivity contribution in [2.45, 2.75) is 41.5 Å². The van der Waals surface area contributed by atoms with Crippen molar-refractivity contribution in [2.24, 2.45) is 10.8 Å². The average molecular weight is 134 g/mol. The summed E-state index contributed by atoms with van der Waals surface area (Å²) in [7, 11) is 0. The van der Waals surface area contributed by atoms with Gasteiger partial charge in [-0.3, -0.25) is 0 Å². The molecule has 0 N–H and O–H groups in total. The van der Waals surface area contributed by atoms with E-state index in [0.717, 1.165) is 0 Å². The Bertz CT molecular complexity index is 69.9. The summed E-state index contributed by atoms with van der Waals surface area (Å²) in [6, 6.07) is 0. The Kier molecular flexibility index (Phi) is 5.07. The minimum absolute atomic E-state index is 0. The van der Waals surface area contributed by atoms with E-state index < -0.39 is 0 Å². The molecule has 0 nitrogen and oxygen atoms in total. The standard InChI is InChI=1S/C9H19.Li/c1-8(2,3)7-9(4,5)6;/h7H,1-6H3;/q-1;+1. The second-order valence-electron chi connectivity index (χ2n) is 4.88. The van der Waals surface area contributed by atoms with Gasteiger partial charge in [-0.2, -0.15) is 10.8 Å². The Morgan fingerprint density at radius 3 is 0.900 bits per heavy atom. The van der Waals surface area contributed by atoms with Crippen LogP contribution in [0.3, 0.4) is 0 Å². The zero-order valence-electron chi connectivity index (χ0n) is 8.58. The summed E-state index contributed by atoms with van der Waals surface area (Å²) in [5, 5.41) is 0. The van der Waals surface area contributed by atoms with Crippen LogP contribution in [0.25, 0.3) is 0 Å². The van der Waals surface area contributed by atoms with Gasteiger partial charge < -0.3 is 6.42 Å². The van der Waals surface area contributed by atoms with E-state index in [2.05, 4.69) is 48.0 Å². The predicted octanol–water partition coefficient (Wildman–Crippen LogP) is 0.287. The van der Waals surface area contributed by atoms with Crippen LogP contribution >= 0.6 is 0 Å². The van der Waals surface area contributed by atoms with E-state index in [4.69, 9.17) is 0 Å². The first-order chi connectivity index (χ1) is 3.71. The second kappa shape index (κ2) is 3.84. The van der Waals surface area contributed by atoms with Crippen LogP contribution in [-0.2, 0) is 0 Å². The van der Waals surface area contributed by atoms with Crippen LogP contribution in [0.15, 0.2) is 0 Å². The molecule has 0 aromatic carbocycles. The van der Waals surface area contributed by atoms with Crippen molar-refractivity contribution < 1.29 is 18.9 Å². The van der Waals surface area contributed by atoms with Crippen molar-refractivity contribution in [1.29, 1.82) is 0 Å². The number of rotatable bonds is 0. The first-order valence-electron chi connectivity index (χ1n) is 3.58. The van der Waals surface area contributed by atoms with E-state index in [1.807, 2.05) is 0 Å². The summed E-state index contributed by atoms with van der Waals surface area (Å²) in [6.45, 7) is 13.4. The summed E-state index contributed by atoms with van der Waals surface area (Å²) in [6.07, 6.45) is 2.38. The summed E-state index contributed by atoms with van der Waals surface area (Å²) < 4.78 is 0. The molecule has 56 valence electrons. The molecule has 10 heavy (non-hydrogen) atoms. The molecule has 0 saturated carbocycles. The van der Waals surface area contributed by atoms with Crippen molar-refractivity contribution >= 4 is 0 Å². The molecule has 0 amide bonds. The van der Waals surface area contributed by atoms with Gasteiger partial charge >= 0.3 is 18.9 Å². The van der Waals surface area contributed by atoms with Crippen LogP contribution in [0.4, 0.5) is 0 Å². The van der Waals surface area contributed by atoms with Gasteiger partial charge in [-0.25, -0.2) is 0 Å². The monoisotopic (exact) mass is 134 g/mol. The molecule has 0 bridgehead atoms. The minimum Gasteiger partial charge on any atom is -0.318 e. The summed E-state index contributed by atoms with van der Waals surface area (Å²) in [4.78, 5) is 0. The van der Waals surface area contributed by atoms with E-state index in [1.165, 1.54) is 0 Å². The van der Waals surface area contributed by atoms with Crippen molar-refractivity contribution in [3.8, 4) is 0 Å². The molecule has 0 aliphatic heterocycles. The van der Waals surface area contributed by atoms with E-state index in [-0.39, 0.29) is 18.9 Å². The Hall–Kier alpha value is 0.597. The van der Waals surface area contributed by atoms with Crippen LogP contribution in [0.1, 0.15) is 41.5 Å². The Morgan fingerprint density at radius 1 is 0.700 bits per heavy atom. The Balaban J connectivity index is 0. The fraction of sp³-hybridized carbons (Fsp3) is 0.889. The zero-order valence-corrected chi connectivity index (χ0v) is 8.58. The topological polar surface area (TPSA) is 0 Å². The van der Waals surface area contributed by atoms with Crippen molar-refractivity contribution in [3.05, 3.63) is 6.42 Å².